The van der Waals surface area contributed by atoms with Gasteiger partial charge in [-0.25, -0.2) is 4.39 Å². The number of pyridine rings is 1. The third-order valence-electron chi connectivity index (χ3n) is 8.21. The molecule has 1 atom stereocenters. The van der Waals surface area contributed by atoms with E-state index in [1.807, 2.05) is 13.8 Å². The summed E-state index contributed by atoms with van der Waals surface area (Å²) in [5, 5.41) is 18.3. The van der Waals surface area contributed by atoms with Crippen molar-refractivity contribution < 1.29 is 24.1 Å². The third-order valence-corrected chi connectivity index (χ3v) is 8.21. The van der Waals surface area contributed by atoms with Crippen LogP contribution in [0.25, 0.3) is 11.1 Å². The molecule has 232 valence electrons. The lowest BCUT2D eigenvalue weighted by Crippen LogP contribution is -2.38. The van der Waals surface area contributed by atoms with Gasteiger partial charge in [-0.3, -0.25) is 9.78 Å². The van der Waals surface area contributed by atoms with Crippen molar-refractivity contribution >= 4 is 11.7 Å². The Morgan fingerprint density at radius 3 is 2.28 bits per heavy atom. The average Bonchev–Trinajstić information content (AvgIpc) is 2.90. The molecule has 43 heavy (non-hydrogen) atoms. The summed E-state index contributed by atoms with van der Waals surface area (Å²) in [5.74, 6) is -0.405. The zero-order valence-electron chi connectivity index (χ0n) is 26.8. The van der Waals surface area contributed by atoms with Crippen LogP contribution in [0, 0.1) is 25.1 Å². The molecule has 0 spiro atoms. The van der Waals surface area contributed by atoms with Crippen LogP contribution < -0.4 is 9.64 Å². The van der Waals surface area contributed by atoms with Gasteiger partial charge in [-0.15, -0.1) is 0 Å². The van der Waals surface area contributed by atoms with Crippen LogP contribution in [0.1, 0.15) is 82.0 Å². The molecule has 6 nitrogen and oxygen atoms in total. The number of hydrogen-bond donors (Lipinski definition) is 2. The second-order valence-electron chi connectivity index (χ2n) is 13.8. The molecule has 7 heteroatoms. The highest BCUT2D eigenvalue weighted by Crippen LogP contribution is 2.42. The van der Waals surface area contributed by atoms with Crippen molar-refractivity contribution in [3.63, 3.8) is 0 Å². The van der Waals surface area contributed by atoms with Crippen LogP contribution in [0.2, 0.25) is 0 Å². The zero-order valence-corrected chi connectivity index (χ0v) is 26.8. The third kappa shape index (κ3) is 8.79. The number of nitrogens with zero attached hydrogens (tertiary/aromatic N) is 2. The first-order valence-corrected chi connectivity index (χ1v) is 15.3. The first-order chi connectivity index (χ1) is 20.1. The molecule has 1 aliphatic carbocycles. The van der Waals surface area contributed by atoms with Gasteiger partial charge in [-0.05, 0) is 107 Å². The van der Waals surface area contributed by atoms with Crippen molar-refractivity contribution in [3.05, 3.63) is 76.4 Å². The van der Waals surface area contributed by atoms with E-state index in [4.69, 9.17) is 14.8 Å². The highest BCUT2D eigenvalue weighted by molar-refractivity contribution is 5.86. The van der Waals surface area contributed by atoms with Gasteiger partial charge in [0.15, 0.2) is 0 Å². The molecule has 1 aromatic heterocycles. The number of aryl methyl sites for hydroxylation is 3. The first kappa shape index (κ1) is 32.5. The molecule has 2 heterocycles. The number of ether oxygens (including phenoxy) is 1. The second-order valence-corrected chi connectivity index (χ2v) is 13.8. The van der Waals surface area contributed by atoms with Crippen molar-refractivity contribution in [2.24, 2.45) is 5.41 Å². The van der Waals surface area contributed by atoms with Gasteiger partial charge in [0.1, 0.15) is 17.7 Å². The minimum Gasteiger partial charge on any atom is -0.490 e. The van der Waals surface area contributed by atoms with E-state index in [0.717, 1.165) is 79.0 Å². The number of rotatable bonds is 6. The van der Waals surface area contributed by atoms with Crippen molar-refractivity contribution in [1.82, 2.24) is 4.98 Å². The smallest absolute Gasteiger partial charge is 0.307 e. The Kier molecular flexibility index (Phi) is 9.85. The number of benzene rings is 2. The molecule has 1 fully saturated rings. The summed E-state index contributed by atoms with van der Waals surface area (Å²) in [7, 11) is 0. The van der Waals surface area contributed by atoms with Gasteiger partial charge >= 0.3 is 5.97 Å². The fourth-order valence-electron chi connectivity index (χ4n) is 5.94. The van der Waals surface area contributed by atoms with Gasteiger partial charge in [0.2, 0.25) is 0 Å². The van der Waals surface area contributed by atoms with E-state index in [0.29, 0.717) is 11.2 Å². The maximum Gasteiger partial charge on any atom is 0.307 e. The Morgan fingerprint density at radius 2 is 1.67 bits per heavy atom. The van der Waals surface area contributed by atoms with Crippen LogP contribution in [0.3, 0.4) is 0 Å². The largest absolute Gasteiger partial charge is 0.490 e. The van der Waals surface area contributed by atoms with Gasteiger partial charge in [0.25, 0.3) is 0 Å². The maximum absolute atomic E-state index is 13.3. The lowest BCUT2D eigenvalue weighted by atomic mass is 9.81. The van der Waals surface area contributed by atoms with Crippen LogP contribution >= 0.6 is 0 Å². The highest BCUT2D eigenvalue weighted by atomic mass is 19.1. The summed E-state index contributed by atoms with van der Waals surface area (Å²) in [5.41, 5.74) is 8.10. The fraction of sp³-hybridized carbons (Fsp3) is 0.500. The zero-order chi connectivity index (χ0) is 31.5. The molecule has 3 aromatic rings. The van der Waals surface area contributed by atoms with Crippen LogP contribution in [-0.4, -0.2) is 46.0 Å². The van der Waals surface area contributed by atoms with E-state index in [2.05, 4.69) is 36.9 Å². The normalized spacial score (nSPS) is 17.9. The molecular formula is C36H47FN2O4. The Hall–Kier alpha value is -3.45. The Bertz CT molecular complexity index is 1430. The molecule has 1 aliphatic heterocycles. The van der Waals surface area contributed by atoms with Gasteiger partial charge in [0.05, 0.1) is 17.7 Å². The minimum atomic E-state index is -0.832. The number of aromatic nitrogens is 1. The number of anilines is 1. The van der Waals surface area contributed by atoms with Crippen molar-refractivity contribution in [2.75, 3.05) is 18.0 Å². The number of aliphatic hydroxyl groups is 1. The monoisotopic (exact) mass is 590 g/mol. The standard InChI is InChI=1S/C32H37FN2O3.C4H10O/c1-20-28(19-29(36)37)31(35-15-13-32(3,4)14-16-35)30(21(2)34-20)24-6-5-23-18-27(10-7-22(23)17-24)38-26-11-8-25(33)9-12-26;1-4(2,3)5/h5-6,8-9,11-12,17,27H,7,10,13-16,18-19H2,1-4H3,(H,36,37);5H,1-3H3. The number of carboxylic acid groups (broad SMARTS) is 1. The van der Waals surface area contributed by atoms with Gasteiger partial charge < -0.3 is 19.8 Å². The van der Waals surface area contributed by atoms with Crippen molar-refractivity contribution in [3.8, 4) is 16.9 Å². The maximum atomic E-state index is 13.3. The Balaban J connectivity index is 0.000000782. The summed E-state index contributed by atoms with van der Waals surface area (Å²) < 4.78 is 19.4. The van der Waals surface area contributed by atoms with E-state index in [1.54, 1.807) is 32.9 Å². The number of piperidine rings is 1. The molecule has 1 saturated heterocycles. The van der Waals surface area contributed by atoms with Gasteiger partial charge in [0, 0.05) is 42.0 Å². The summed E-state index contributed by atoms with van der Waals surface area (Å²) in [4.78, 5) is 19.1. The predicted molar refractivity (Wildman–Crippen MR) is 171 cm³/mol. The molecule has 2 aromatic carbocycles. The van der Waals surface area contributed by atoms with E-state index < -0.39 is 11.6 Å². The first-order valence-electron chi connectivity index (χ1n) is 15.3. The topological polar surface area (TPSA) is 82.9 Å². The van der Waals surface area contributed by atoms with Crippen molar-refractivity contribution in [1.29, 1.82) is 0 Å². The molecular weight excluding hydrogens is 543 g/mol. The number of hydrogen-bond acceptors (Lipinski definition) is 5. The molecule has 0 amide bonds. The van der Waals surface area contributed by atoms with E-state index in [-0.39, 0.29) is 18.3 Å². The Morgan fingerprint density at radius 1 is 1.05 bits per heavy atom. The lowest BCUT2D eigenvalue weighted by Gasteiger charge is -2.40. The van der Waals surface area contributed by atoms with Gasteiger partial charge in [-0.1, -0.05) is 32.0 Å². The van der Waals surface area contributed by atoms with Crippen LogP contribution in [0.5, 0.6) is 5.75 Å². The summed E-state index contributed by atoms with van der Waals surface area (Å²) >= 11 is 0. The SMILES string of the molecule is CC(C)(C)O.Cc1nc(C)c(-c2ccc3c(c2)CCC(Oc2ccc(F)cc2)C3)c(N2CCC(C)(C)CC2)c1CC(=O)O. The summed E-state index contributed by atoms with van der Waals surface area (Å²) in [6, 6.07) is 12.8. The Labute approximate surface area is 255 Å². The number of carbonyl (C=O) groups is 1. The predicted octanol–water partition coefficient (Wildman–Crippen LogP) is 7.47. The molecule has 0 bridgehead atoms. The summed E-state index contributed by atoms with van der Waals surface area (Å²) in [6.45, 7) is 15.6. The van der Waals surface area contributed by atoms with E-state index in [1.165, 1.54) is 23.3 Å². The van der Waals surface area contributed by atoms with Crippen LogP contribution in [0.4, 0.5) is 10.1 Å². The fourth-order valence-corrected chi connectivity index (χ4v) is 5.94. The molecule has 0 radical (unpaired) electrons. The highest BCUT2D eigenvalue weighted by Gasteiger charge is 2.31. The minimum absolute atomic E-state index is 0.0331. The lowest BCUT2D eigenvalue weighted by molar-refractivity contribution is -0.136. The van der Waals surface area contributed by atoms with E-state index in [9.17, 15) is 14.3 Å². The van der Waals surface area contributed by atoms with Crippen LogP contribution in [0.15, 0.2) is 42.5 Å². The molecule has 2 aliphatic rings. The van der Waals surface area contributed by atoms with E-state index >= 15 is 0 Å². The second kappa shape index (κ2) is 13.0. The van der Waals surface area contributed by atoms with Crippen molar-refractivity contribution in [2.45, 2.75) is 98.7 Å². The average molecular weight is 591 g/mol. The van der Waals surface area contributed by atoms with Gasteiger partial charge in [-0.2, -0.15) is 0 Å². The quantitative estimate of drug-likeness (QED) is 0.310. The summed E-state index contributed by atoms with van der Waals surface area (Å²) in [6.07, 6.45) is 4.74. The number of halogens is 1. The molecule has 0 saturated carbocycles. The number of carboxylic acids is 1. The number of aliphatic carboxylic acids is 1. The van der Waals surface area contributed by atoms with Crippen LogP contribution in [-0.2, 0) is 24.1 Å². The molecule has 2 N–H and O–H groups in total. The molecule has 5 rings (SSSR count). The number of fused-ring (bicyclic) bond motifs is 1. The molecule has 1 unspecified atom stereocenters.